The average molecular weight is 412 g/mol. The Kier molecular flexibility index (Phi) is 7.26. The lowest BCUT2D eigenvalue weighted by Gasteiger charge is -2.48. The summed E-state index contributed by atoms with van der Waals surface area (Å²) < 4.78 is 5.67. The highest BCUT2D eigenvalue weighted by molar-refractivity contribution is 5.61. The molecule has 4 rings (SSSR count). The normalized spacial score (nSPS) is 22.7. The van der Waals surface area contributed by atoms with Crippen molar-refractivity contribution < 1.29 is 9.52 Å². The molecular weight excluding hydrogens is 374 g/mol. The molecule has 0 bridgehead atoms. The van der Waals surface area contributed by atoms with Crippen molar-refractivity contribution in [1.29, 1.82) is 0 Å². The summed E-state index contributed by atoms with van der Waals surface area (Å²) in [5.74, 6) is 0.938. The van der Waals surface area contributed by atoms with Gasteiger partial charge in [-0.25, -0.2) is 0 Å². The molecule has 0 spiro atoms. The minimum atomic E-state index is 0.267. The lowest BCUT2D eigenvalue weighted by Crippen LogP contribution is -2.58. The van der Waals surface area contributed by atoms with Crippen molar-refractivity contribution in [1.82, 2.24) is 14.7 Å². The van der Waals surface area contributed by atoms with E-state index in [0.717, 1.165) is 38.4 Å². The number of likely N-dealkylation sites (tertiary alicyclic amines) is 1. The smallest absolute Gasteiger partial charge is 0.134 e. The molecule has 5 nitrogen and oxygen atoms in total. The maximum Gasteiger partial charge on any atom is 0.134 e. The van der Waals surface area contributed by atoms with Gasteiger partial charge in [0.1, 0.15) is 5.76 Å². The summed E-state index contributed by atoms with van der Waals surface area (Å²) in [6.07, 6.45) is 5.11. The topological polar surface area (TPSA) is 43.1 Å². The minimum Gasteiger partial charge on any atom is -0.464 e. The molecule has 0 saturated carbocycles. The third kappa shape index (κ3) is 4.97. The molecule has 2 aliphatic heterocycles. The molecule has 0 radical (unpaired) electrons. The minimum absolute atomic E-state index is 0.267. The standard InChI is InChI=1S/C25H37N3O2/c1-20(2)27-12-9-22(10-13-27)28-15-14-26(19-23(28)11-16-29)18-21-6-3-4-7-24(21)25-8-5-17-30-25/h3-8,17,20,22-23,29H,9-16,18-19H2,1-2H3/t23-/m0/s1. The number of aliphatic hydroxyl groups is 1. The van der Waals surface area contributed by atoms with Gasteiger partial charge in [0.25, 0.3) is 0 Å². The van der Waals surface area contributed by atoms with E-state index in [-0.39, 0.29) is 6.61 Å². The van der Waals surface area contributed by atoms with E-state index in [2.05, 4.69) is 52.8 Å². The fraction of sp³-hybridized carbons (Fsp3) is 0.600. The lowest BCUT2D eigenvalue weighted by molar-refractivity contribution is 0.00000345. The monoisotopic (exact) mass is 411 g/mol. The molecule has 164 valence electrons. The zero-order valence-electron chi connectivity index (χ0n) is 18.5. The van der Waals surface area contributed by atoms with Crippen molar-refractivity contribution in [2.24, 2.45) is 0 Å². The fourth-order valence-electron chi connectivity index (χ4n) is 5.27. The Morgan fingerprint density at radius 1 is 1.03 bits per heavy atom. The number of piperidine rings is 1. The highest BCUT2D eigenvalue weighted by atomic mass is 16.3. The van der Waals surface area contributed by atoms with Crippen molar-refractivity contribution in [3.8, 4) is 11.3 Å². The molecule has 3 heterocycles. The maximum absolute atomic E-state index is 9.73. The van der Waals surface area contributed by atoms with Gasteiger partial charge in [-0.3, -0.25) is 9.80 Å². The largest absolute Gasteiger partial charge is 0.464 e. The number of aliphatic hydroxyl groups excluding tert-OH is 1. The molecule has 2 aliphatic rings. The van der Waals surface area contributed by atoms with Crippen molar-refractivity contribution in [2.45, 2.75) is 57.8 Å². The summed E-state index contributed by atoms with van der Waals surface area (Å²) in [5.41, 5.74) is 2.50. The van der Waals surface area contributed by atoms with Crippen molar-refractivity contribution in [3.63, 3.8) is 0 Å². The van der Waals surface area contributed by atoms with Gasteiger partial charge >= 0.3 is 0 Å². The molecule has 2 fully saturated rings. The van der Waals surface area contributed by atoms with Crippen LogP contribution in [-0.2, 0) is 6.54 Å². The predicted octanol–water partition coefficient (Wildman–Crippen LogP) is 3.69. The van der Waals surface area contributed by atoms with Gasteiger partial charge in [-0.05, 0) is 63.9 Å². The quantitative estimate of drug-likeness (QED) is 0.753. The Morgan fingerprint density at radius 2 is 1.83 bits per heavy atom. The lowest BCUT2D eigenvalue weighted by atomic mass is 9.97. The van der Waals surface area contributed by atoms with Crippen molar-refractivity contribution in [2.75, 3.05) is 39.3 Å². The molecule has 1 N–H and O–H groups in total. The first kappa shape index (κ1) is 21.6. The first-order valence-electron chi connectivity index (χ1n) is 11.6. The Morgan fingerprint density at radius 3 is 2.53 bits per heavy atom. The van der Waals surface area contributed by atoms with Crippen molar-refractivity contribution >= 4 is 0 Å². The van der Waals surface area contributed by atoms with Crippen LogP contribution in [0.3, 0.4) is 0 Å². The second-order valence-corrected chi connectivity index (χ2v) is 9.13. The van der Waals surface area contributed by atoms with Gasteiger partial charge in [0.2, 0.25) is 0 Å². The third-order valence-corrected chi connectivity index (χ3v) is 6.97. The Bertz CT molecular complexity index is 768. The van der Waals surface area contributed by atoms with Crippen LogP contribution in [0.5, 0.6) is 0 Å². The molecule has 0 unspecified atom stereocenters. The number of nitrogens with zero attached hydrogens (tertiary/aromatic N) is 3. The molecule has 1 aromatic heterocycles. The Labute approximate surface area is 181 Å². The van der Waals surface area contributed by atoms with Crippen LogP contribution in [-0.4, -0.2) is 77.3 Å². The molecule has 5 heteroatoms. The summed E-state index contributed by atoms with van der Waals surface area (Å²) in [6.45, 7) is 11.4. The van der Waals surface area contributed by atoms with Gasteiger partial charge in [-0.15, -0.1) is 0 Å². The van der Waals surface area contributed by atoms with Crippen LogP contribution >= 0.6 is 0 Å². The first-order chi connectivity index (χ1) is 14.7. The average Bonchev–Trinajstić information content (AvgIpc) is 3.29. The molecule has 0 aliphatic carbocycles. The first-order valence-corrected chi connectivity index (χ1v) is 11.6. The molecule has 2 saturated heterocycles. The van der Waals surface area contributed by atoms with Gasteiger partial charge in [-0.1, -0.05) is 24.3 Å². The van der Waals surface area contributed by atoms with E-state index in [1.165, 1.54) is 37.1 Å². The van der Waals surface area contributed by atoms with E-state index in [1.54, 1.807) is 6.26 Å². The highest BCUT2D eigenvalue weighted by Gasteiger charge is 2.34. The molecule has 1 aromatic carbocycles. The van der Waals surface area contributed by atoms with E-state index in [4.69, 9.17) is 4.42 Å². The van der Waals surface area contributed by atoms with Gasteiger partial charge in [0.15, 0.2) is 0 Å². The van der Waals surface area contributed by atoms with Crippen LogP contribution in [0.1, 0.15) is 38.7 Å². The number of rotatable bonds is 7. The number of piperazine rings is 1. The van der Waals surface area contributed by atoms with Crippen molar-refractivity contribution in [3.05, 3.63) is 48.2 Å². The summed E-state index contributed by atoms with van der Waals surface area (Å²) in [6, 6.07) is 14.3. The van der Waals surface area contributed by atoms with E-state index in [9.17, 15) is 5.11 Å². The summed E-state index contributed by atoms with van der Waals surface area (Å²) >= 11 is 0. The van der Waals surface area contributed by atoms with Gasteiger partial charge < -0.3 is 14.4 Å². The SMILES string of the molecule is CC(C)N1CCC(N2CCN(Cc3ccccc3-c3ccco3)C[C@@H]2CCO)CC1. The van der Waals surface area contributed by atoms with Crippen LogP contribution in [0.15, 0.2) is 47.1 Å². The summed E-state index contributed by atoms with van der Waals surface area (Å²) in [5, 5.41) is 9.73. The van der Waals surface area contributed by atoms with E-state index >= 15 is 0 Å². The van der Waals surface area contributed by atoms with E-state index < -0.39 is 0 Å². The molecule has 2 aromatic rings. The second-order valence-electron chi connectivity index (χ2n) is 9.13. The van der Waals surface area contributed by atoms with E-state index in [0.29, 0.717) is 18.1 Å². The molecular formula is C25H37N3O2. The number of hydrogen-bond donors (Lipinski definition) is 1. The maximum atomic E-state index is 9.73. The zero-order valence-corrected chi connectivity index (χ0v) is 18.5. The zero-order chi connectivity index (χ0) is 20.9. The molecule has 0 amide bonds. The number of hydrogen-bond acceptors (Lipinski definition) is 5. The summed E-state index contributed by atoms with van der Waals surface area (Å²) in [4.78, 5) is 7.87. The van der Waals surface area contributed by atoms with E-state index in [1.807, 2.05) is 12.1 Å². The Hall–Kier alpha value is -1.66. The Balaban J connectivity index is 1.41. The van der Waals surface area contributed by atoms with Gasteiger partial charge in [0, 0.05) is 56.5 Å². The fourth-order valence-corrected chi connectivity index (χ4v) is 5.27. The predicted molar refractivity (Wildman–Crippen MR) is 121 cm³/mol. The van der Waals surface area contributed by atoms with Crippen LogP contribution in [0.4, 0.5) is 0 Å². The van der Waals surface area contributed by atoms with Crippen LogP contribution in [0.2, 0.25) is 0 Å². The number of furan rings is 1. The second kappa shape index (κ2) is 10.1. The number of benzene rings is 1. The van der Waals surface area contributed by atoms with Gasteiger partial charge in [-0.2, -0.15) is 0 Å². The molecule has 30 heavy (non-hydrogen) atoms. The van der Waals surface area contributed by atoms with Crippen LogP contribution in [0, 0.1) is 0 Å². The van der Waals surface area contributed by atoms with Gasteiger partial charge in [0.05, 0.1) is 6.26 Å². The third-order valence-electron chi connectivity index (χ3n) is 6.97. The molecule has 1 atom stereocenters. The summed E-state index contributed by atoms with van der Waals surface area (Å²) in [7, 11) is 0. The highest BCUT2D eigenvalue weighted by Crippen LogP contribution is 2.28. The van der Waals surface area contributed by atoms with Crippen LogP contribution in [0.25, 0.3) is 11.3 Å². The van der Waals surface area contributed by atoms with Crippen LogP contribution < -0.4 is 0 Å².